The lowest BCUT2D eigenvalue weighted by atomic mass is 10.3. The summed E-state index contributed by atoms with van der Waals surface area (Å²) < 4.78 is 8.50. The molecule has 0 unspecified atom stereocenters. The molecule has 4 rings (SSSR count). The van der Waals surface area contributed by atoms with Gasteiger partial charge in [-0.15, -0.1) is 0 Å². The molecule has 31 heavy (non-hydrogen) atoms. The van der Waals surface area contributed by atoms with E-state index < -0.39 is 17.2 Å². The van der Waals surface area contributed by atoms with Crippen molar-refractivity contribution >= 4 is 28.2 Å². The molecule has 0 aliphatic rings. The summed E-state index contributed by atoms with van der Waals surface area (Å²) in [5, 5.41) is 0. The molecular formula is C21H22N6O4. The number of nitrogens with one attached hydrogen (secondary N) is 1. The molecule has 0 saturated carbocycles. The summed E-state index contributed by atoms with van der Waals surface area (Å²) in [6.07, 6.45) is 3.02. The number of aryl methyl sites for hydroxylation is 2. The van der Waals surface area contributed by atoms with Gasteiger partial charge in [-0.25, -0.2) is 19.6 Å². The molecule has 160 valence electrons. The molecule has 0 amide bonds. The van der Waals surface area contributed by atoms with Gasteiger partial charge in [0.15, 0.2) is 16.9 Å². The van der Waals surface area contributed by atoms with Crippen molar-refractivity contribution in [2.45, 2.75) is 46.4 Å². The zero-order chi connectivity index (χ0) is 22.0. The smallest absolute Gasteiger partial charge is 0.359 e. The summed E-state index contributed by atoms with van der Waals surface area (Å²) in [4.78, 5) is 52.6. The summed E-state index contributed by atoms with van der Waals surface area (Å²) in [6, 6.07) is 7.21. The first-order chi connectivity index (χ1) is 15.0. The molecule has 4 aromatic rings. The van der Waals surface area contributed by atoms with Crippen molar-refractivity contribution in [1.82, 2.24) is 29.1 Å². The van der Waals surface area contributed by atoms with Gasteiger partial charge in [0.25, 0.3) is 5.56 Å². The van der Waals surface area contributed by atoms with Crippen LogP contribution in [0.25, 0.3) is 22.2 Å². The number of fused-ring (bicyclic) bond motifs is 2. The lowest BCUT2D eigenvalue weighted by Gasteiger charge is -2.07. The first-order valence-electron chi connectivity index (χ1n) is 10.1. The number of aromatic nitrogens is 6. The topological polar surface area (TPSA) is 125 Å². The monoisotopic (exact) mass is 422 g/mol. The van der Waals surface area contributed by atoms with Gasteiger partial charge >= 0.3 is 11.7 Å². The Morgan fingerprint density at radius 1 is 1.10 bits per heavy atom. The first kappa shape index (κ1) is 20.5. The number of imidazole rings is 1. The minimum atomic E-state index is -0.648. The highest BCUT2D eigenvalue weighted by Crippen LogP contribution is 2.14. The van der Waals surface area contributed by atoms with Crippen molar-refractivity contribution < 1.29 is 9.53 Å². The Labute approximate surface area is 176 Å². The van der Waals surface area contributed by atoms with Crippen molar-refractivity contribution in [3.63, 3.8) is 0 Å². The van der Waals surface area contributed by atoms with Gasteiger partial charge in [0, 0.05) is 13.1 Å². The third-order valence-corrected chi connectivity index (χ3v) is 5.01. The minimum absolute atomic E-state index is 0.0792. The standard InChI is InChI=1S/C21H22N6O4/c1-3-5-10-27-18-17(19(28)25-21(27)30)26(4-2)16(24-18)12-31-20(29)15-11-22-13-8-6-7-9-14(13)23-15/h6-9,11H,3-5,10,12H2,1-2H3,(H,25,28,30). The minimum Gasteiger partial charge on any atom is -0.453 e. The van der Waals surface area contributed by atoms with Gasteiger partial charge in [0.1, 0.15) is 12.4 Å². The number of aromatic amines is 1. The molecule has 0 aliphatic carbocycles. The molecule has 1 N–H and O–H groups in total. The van der Waals surface area contributed by atoms with E-state index in [4.69, 9.17) is 4.74 Å². The van der Waals surface area contributed by atoms with E-state index in [0.717, 1.165) is 12.8 Å². The normalized spacial score (nSPS) is 11.3. The number of carbonyl (C=O) groups is 1. The Kier molecular flexibility index (Phi) is 5.61. The van der Waals surface area contributed by atoms with Crippen LogP contribution in [-0.2, 0) is 24.4 Å². The number of carbonyl (C=O) groups excluding carboxylic acids is 1. The van der Waals surface area contributed by atoms with E-state index in [9.17, 15) is 14.4 Å². The van der Waals surface area contributed by atoms with Crippen molar-refractivity contribution in [1.29, 1.82) is 0 Å². The van der Waals surface area contributed by atoms with Crippen LogP contribution in [-0.4, -0.2) is 35.0 Å². The quantitative estimate of drug-likeness (QED) is 0.452. The molecule has 10 heteroatoms. The molecular weight excluding hydrogens is 400 g/mol. The Morgan fingerprint density at radius 2 is 1.87 bits per heavy atom. The predicted molar refractivity (Wildman–Crippen MR) is 114 cm³/mol. The number of benzene rings is 1. The van der Waals surface area contributed by atoms with Crippen LogP contribution >= 0.6 is 0 Å². The summed E-state index contributed by atoms with van der Waals surface area (Å²) in [7, 11) is 0. The highest BCUT2D eigenvalue weighted by Gasteiger charge is 2.19. The fourth-order valence-corrected chi connectivity index (χ4v) is 3.45. The second-order valence-electron chi connectivity index (χ2n) is 7.03. The lowest BCUT2D eigenvalue weighted by Crippen LogP contribution is -2.31. The van der Waals surface area contributed by atoms with Crippen LogP contribution in [0.1, 0.15) is 43.0 Å². The van der Waals surface area contributed by atoms with Crippen molar-refractivity contribution in [2.75, 3.05) is 0 Å². The average Bonchev–Trinajstić information content (AvgIpc) is 3.15. The molecule has 0 saturated heterocycles. The zero-order valence-corrected chi connectivity index (χ0v) is 17.3. The second-order valence-corrected chi connectivity index (χ2v) is 7.03. The third kappa shape index (κ3) is 3.83. The first-order valence-corrected chi connectivity index (χ1v) is 10.1. The van der Waals surface area contributed by atoms with Crippen LogP contribution in [0.3, 0.4) is 0 Å². The Morgan fingerprint density at radius 3 is 2.61 bits per heavy atom. The summed E-state index contributed by atoms with van der Waals surface area (Å²) in [5.74, 6) is -0.272. The zero-order valence-electron chi connectivity index (χ0n) is 17.3. The largest absolute Gasteiger partial charge is 0.453 e. The van der Waals surface area contributed by atoms with Gasteiger partial charge in [-0.2, -0.15) is 0 Å². The lowest BCUT2D eigenvalue weighted by molar-refractivity contribution is 0.0451. The number of ether oxygens (including phenoxy) is 1. The number of hydrogen-bond donors (Lipinski definition) is 1. The van der Waals surface area contributed by atoms with E-state index in [2.05, 4.69) is 19.9 Å². The van der Waals surface area contributed by atoms with Crippen LogP contribution in [0, 0.1) is 0 Å². The summed E-state index contributed by atoms with van der Waals surface area (Å²) in [5.41, 5.74) is 0.910. The van der Waals surface area contributed by atoms with Crippen LogP contribution in [0.2, 0.25) is 0 Å². The third-order valence-electron chi connectivity index (χ3n) is 5.01. The maximum Gasteiger partial charge on any atom is 0.359 e. The number of rotatable bonds is 7. The van der Waals surface area contributed by atoms with Crippen LogP contribution in [0.5, 0.6) is 0 Å². The van der Waals surface area contributed by atoms with E-state index in [-0.39, 0.29) is 17.8 Å². The average molecular weight is 422 g/mol. The fourth-order valence-electron chi connectivity index (χ4n) is 3.45. The van der Waals surface area contributed by atoms with Gasteiger partial charge in [0.2, 0.25) is 0 Å². The maximum atomic E-state index is 12.5. The number of H-pyrrole nitrogens is 1. The van der Waals surface area contributed by atoms with Gasteiger partial charge in [-0.1, -0.05) is 25.5 Å². The maximum absolute atomic E-state index is 12.5. The van der Waals surface area contributed by atoms with Crippen molar-refractivity contribution in [3.8, 4) is 0 Å². The Balaban J connectivity index is 1.65. The highest BCUT2D eigenvalue weighted by molar-refractivity contribution is 5.89. The van der Waals surface area contributed by atoms with Gasteiger partial charge in [-0.05, 0) is 25.5 Å². The fraction of sp³-hybridized carbons (Fsp3) is 0.333. The SMILES string of the molecule is CCCCn1c(=O)[nH]c(=O)c2c1nc(COC(=O)c1cnc3ccccc3n1)n2CC. The molecule has 0 radical (unpaired) electrons. The van der Waals surface area contributed by atoms with E-state index in [1.807, 2.05) is 26.0 Å². The van der Waals surface area contributed by atoms with Crippen LogP contribution in [0.15, 0.2) is 40.1 Å². The van der Waals surface area contributed by atoms with Gasteiger partial charge < -0.3 is 9.30 Å². The molecule has 1 aromatic carbocycles. The summed E-state index contributed by atoms with van der Waals surface area (Å²) in [6.45, 7) is 4.56. The number of nitrogens with zero attached hydrogens (tertiary/aromatic N) is 5. The molecule has 0 bridgehead atoms. The predicted octanol–water partition coefficient (Wildman–Crippen LogP) is 2.01. The number of unbranched alkanes of at least 4 members (excludes halogenated alkanes) is 1. The van der Waals surface area contributed by atoms with Crippen molar-refractivity contribution in [2.24, 2.45) is 0 Å². The number of para-hydroxylation sites is 2. The highest BCUT2D eigenvalue weighted by atomic mass is 16.5. The number of esters is 1. The molecule has 0 aliphatic heterocycles. The van der Waals surface area contributed by atoms with E-state index in [1.165, 1.54) is 10.8 Å². The van der Waals surface area contributed by atoms with Gasteiger partial charge in [0.05, 0.1) is 17.2 Å². The van der Waals surface area contributed by atoms with E-state index >= 15 is 0 Å². The van der Waals surface area contributed by atoms with Gasteiger partial charge in [-0.3, -0.25) is 19.3 Å². The molecule has 3 heterocycles. The molecule has 0 atom stereocenters. The molecule has 0 fully saturated rings. The van der Waals surface area contributed by atoms with E-state index in [1.54, 1.807) is 16.7 Å². The molecule has 0 spiro atoms. The van der Waals surface area contributed by atoms with E-state index in [0.29, 0.717) is 35.6 Å². The molecule has 10 nitrogen and oxygen atoms in total. The Hall–Kier alpha value is -3.82. The summed E-state index contributed by atoms with van der Waals surface area (Å²) >= 11 is 0. The van der Waals surface area contributed by atoms with Crippen LogP contribution < -0.4 is 11.2 Å². The molecule has 3 aromatic heterocycles. The Bertz CT molecular complexity index is 1380. The number of hydrogen-bond acceptors (Lipinski definition) is 7. The van der Waals surface area contributed by atoms with Crippen molar-refractivity contribution in [3.05, 3.63) is 62.8 Å². The van der Waals surface area contributed by atoms with Crippen LogP contribution in [0.4, 0.5) is 0 Å². The second kappa shape index (κ2) is 8.50.